The summed E-state index contributed by atoms with van der Waals surface area (Å²) >= 11 is 0. The summed E-state index contributed by atoms with van der Waals surface area (Å²) in [7, 11) is 0. The second kappa shape index (κ2) is 11.2. The van der Waals surface area contributed by atoms with Crippen LogP contribution in [0.1, 0.15) is 18.9 Å². The summed E-state index contributed by atoms with van der Waals surface area (Å²) in [5.41, 5.74) is 2.66. The average Bonchev–Trinajstić information content (AvgIpc) is 2.62. The molecule has 6 heteroatoms. The largest absolute Gasteiger partial charge is 0.376 e. The first-order chi connectivity index (χ1) is 12.1. The molecular formula is C20H26ClN3O2. The van der Waals surface area contributed by atoms with Crippen molar-refractivity contribution in [3.05, 3.63) is 60.2 Å². The zero-order chi connectivity index (χ0) is 18.1. The SMILES string of the molecule is CCCN(CC(=O)Nc1ccccc1C)C(=O)CNc1ccccc1.Cl. The molecule has 0 saturated heterocycles. The second-order valence-corrected chi connectivity index (χ2v) is 5.90. The van der Waals surface area contributed by atoms with Crippen LogP contribution >= 0.6 is 12.4 Å². The quantitative estimate of drug-likeness (QED) is 0.739. The third kappa shape index (κ3) is 6.76. The minimum atomic E-state index is -0.184. The van der Waals surface area contributed by atoms with Gasteiger partial charge in [-0.3, -0.25) is 9.59 Å². The van der Waals surface area contributed by atoms with Crippen LogP contribution in [0.15, 0.2) is 54.6 Å². The van der Waals surface area contributed by atoms with Gasteiger partial charge in [0, 0.05) is 17.9 Å². The highest BCUT2D eigenvalue weighted by atomic mass is 35.5. The monoisotopic (exact) mass is 375 g/mol. The van der Waals surface area contributed by atoms with E-state index in [0.717, 1.165) is 23.4 Å². The molecule has 0 heterocycles. The molecule has 5 nitrogen and oxygen atoms in total. The zero-order valence-corrected chi connectivity index (χ0v) is 16.0. The third-order valence-corrected chi connectivity index (χ3v) is 3.82. The van der Waals surface area contributed by atoms with Crippen LogP contribution in [0.25, 0.3) is 0 Å². The van der Waals surface area contributed by atoms with Gasteiger partial charge in [-0.2, -0.15) is 0 Å². The predicted octanol–water partition coefficient (Wildman–Crippen LogP) is 3.71. The summed E-state index contributed by atoms with van der Waals surface area (Å²) in [5.74, 6) is -0.276. The molecule has 2 aromatic rings. The molecule has 0 unspecified atom stereocenters. The van der Waals surface area contributed by atoms with Gasteiger partial charge in [-0.15, -0.1) is 12.4 Å². The molecule has 2 N–H and O–H groups in total. The molecule has 0 aliphatic rings. The first kappa shape index (κ1) is 21.5. The van der Waals surface area contributed by atoms with E-state index in [0.29, 0.717) is 6.54 Å². The number of nitrogens with zero attached hydrogens (tertiary/aromatic N) is 1. The van der Waals surface area contributed by atoms with E-state index >= 15 is 0 Å². The van der Waals surface area contributed by atoms with Gasteiger partial charge in [0.05, 0.1) is 13.1 Å². The number of anilines is 2. The van der Waals surface area contributed by atoms with Crippen molar-refractivity contribution in [1.82, 2.24) is 4.90 Å². The van der Waals surface area contributed by atoms with E-state index in [1.165, 1.54) is 0 Å². The summed E-state index contributed by atoms with van der Waals surface area (Å²) in [6.07, 6.45) is 0.800. The fourth-order valence-corrected chi connectivity index (χ4v) is 2.48. The van der Waals surface area contributed by atoms with E-state index in [4.69, 9.17) is 0 Å². The number of hydrogen-bond acceptors (Lipinski definition) is 3. The Balaban J connectivity index is 0.00000338. The maximum absolute atomic E-state index is 12.4. The van der Waals surface area contributed by atoms with Crippen molar-refractivity contribution in [2.75, 3.05) is 30.3 Å². The van der Waals surface area contributed by atoms with E-state index in [1.54, 1.807) is 4.90 Å². The first-order valence-electron chi connectivity index (χ1n) is 8.52. The van der Waals surface area contributed by atoms with Crippen molar-refractivity contribution in [2.45, 2.75) is 20.3 Å². The lowest BCUT2D eigenvalue weighted by Crippen LogP contribution is -2.41. The lowest BCUT2D eigenvalue weighted by molar-refractivity contribution is -0.133. The Bertz CT molecular complexity index is 707. The van der Waals surface area contributed by atoms with E-state index in [2.05, 4.69) is 10.6 Å². The van der Waals surface area contributed by atoms with Gasteiger partial charge in [0.15, 0.2) is 0 Å². The Morgan fingerprint density at radius 1 is 1.00 bits per heavy atom. The van der Waals surface area contributed by atoms with E-state index in [-0.39, 0.29) is 37.3 Å². The maximum atomic E-state index is 12.4. The standard InChI is InChI=1S/C20H25N3O2.ClH/c1-3-13-23(20(25)14-21-17-10-5-4-6-11-17)15-19(24)22-18-12-8-7-9-16(18)2;/h4-12,21H,3,13-15H2,1-2H3,(H,22,24);1H. The smallest absolute Gasteiger partial charge is 0.244 e. The molecule has 2 aromatic carbocycles. The number of carbonyl (C=O) groups excluding carboxylic acids is 2. The number of hydrogen-bond donors (Lipinski definition) is 2. The molecule has 0 atom stereocenters. The van der Waals surface area contributed by atoms with Crippen LogP contribution in [0.3, 0.4) is 0 Å². The molecular weight excluding hydrogens is 350 g/mol. The lowest BCUT2D eigenvalue weighted by atomic mass is 10.2. The van der Waals surface area contributed by atoms with Crippen molar-refractivity contribution >= 4 is 35.6 Å². The lowest BCUT2D eigenvalue weighted by Gasteiger charge is -2.22. The van der Waals surface area contributed by atoms with Gasteiger partial charge in [0.1, 0.15) is 0 Å². The summed E-state index contributed by atoms with van der Waals surface area (Å²) in [6, 6.07) is 17.1. The number of halogens is 1. The van der Waals surface area contributed by atoms with Crippen molar-refractivity contribution in [3.63, 3.8) is 0 Å². The highest BCUT2D eigenvalue weighted by molar-refractivity contribution is 5.95. The van der Waals surface area contributed by atoms with Gasteiger partial charge in [0.25, 0.3) is 0 Å². The van der Waals surface area contributed by atoms with Gasteiger partial charge < -0.3 is 15.5 Å². The molecule has 0 aliphatic heterocycles. The number of para-hydroxylation sites is 2. The zero-order valence-electron chi connectivity index (χ0n) is 15.2. The summed E-state index contributed by atoms with van der Waals surface area (Å²) < 4.78 is 0. The molecule has 0 radical (unpaired) electrons. The summed E-state index contributed by atoms with van der Waals surface area (Å²) in [4.78, 5) is 26.3. The molecule has 0 aliphatic carbocycles. The molecule has 0 spiro atoms. The average molecular weight is 376 g/mol. The Morgan fingerprint density at radius 2 is 1.65 bits per heavy atom. The van der Waals surface area contributed by atoms with Crippen LogP contribution in [0.5, 0.6) is 0 Å². The highest BCUT2D eigenvalue weighted by Gasteiger charge is 2.16. The van der Waals surface area contributed by atoms with Crippen molar-refractivity contribution in [1.29, 1.82) is 0 Å². The maximum Gasteiger partial charge on any atom is 0.244 e. The number of aryl methyl sites for hydroxylation is 1. The van der Waals surface area contributed by atoms with Gasteiger partial charge in [-0.25, -0.2) is 0 Å². The Kier molecular flexibility index (Phi) is 9.23. The van der Waals surface area contributed by atoms with E-state index < -0.39 is 0 Å². The van der Waals surface area contributed by atoms with Crippen molar-refractivity contribution < 1.29 is 9.59 Å². The van der Waals surface area contributed by atoms with Crippen LogP contribution in [0.2, 0.25) is 0 Å². The molecule has 2 rings (SSSR count). The van der Waals surface area contributed by atoms with E-state index in [1.807, 2.05) is 68.4 Å². The normalized spacial score (nSPS) is 9.77. The molecule has 2 amide bonds. The van der Waals surface area contributed by atoms with Gasteiger partial charge in [0.2, 0.25) is 11.8 Å². The molecule has 0 saturated carbocycles. The summed E-state index contributed by atoms with van der Waals surface area (Å²) in [5, 5.41) is 5.97. The molecule has 26 heavy (non-hydrogen) atoms. The molecule has 0 fully saturated rings. The Morgan fingerprint density at radius 3 is 2.31 bits per heavy atom. The number of nitrogens with one attached hydrogen (secondary N) is 2. The van der Waals surface area contributed by atoms with Crippen LogP contribution in [-0.4, -0.2) is 36.3 Å². The fraction of sp³-hybridized carbons (Fsp3) is 0.300. The summed E-state index contributed by atoms with van der Waals surface area (Å²) in [6.45, 7) is 4.70. The van der Waals surface area contributed by atoms with Crippen LogP contribution in [-0.2, 0) is 9.59 Å². The van der Waals surface area contributed by atoms with Gasteiger partial charge >= 0.3 is 0 Å². The number of amides is 2. The number of carbonyl (C=O) groups is 2. The third-order valence-electron chi connectivity index (χ3n) is 3.82. The number of benzene rings is 2. The Hall–Kier alpha value is -2.53. The topological polar surface area (TPSA) is 61.4 Å². The van der Waals surface area contributed by atoms with Crippen LogP contribution in [0.4, 0.5) is 11.4 Å². The van der Waals surface area contributed by atoms with Crippen LogP contribution < -0.4 is 10.6 Å². The minimum absolute atomic E-state index is 0. The number of rotatable bonds is 8. The molecule has 140 valence electrons. The Labute approximate surface area is 161 Å². The van der Waals surface area contributed by atoms with Gasteiger partial charge in [-0.1, -0.05) is 43.3 Å². The van der Waals surface area contributed by atoms with Crippen LogP contribution in [0, 0.1) is 6.92 Å². The molecule has 0 bridgehead atoms. The predicted molar refractivity (Wildman–Crippen MR) is 109 cm³/mol. The second-order valence-electron chi connectivity index (χ2n) is 5.90. The van der Waals surface area contributed by atoms with Crippen molar-refractivity contribution in [2.24, 2.45) is 0 Å². The molecule has 0 aromatic heterocycles. The minimum Gasteiger partial charge on any atom is -0.376 e. The first-order valence-corrected chi connectivity index (χ1v) is 8.52. The van der Waals surface area contributed by atoms with E-state index in [9.17, 15) is 9.59 Å². The van der Waals surface area contributed by atoms with Crippen molar-refractivity contribution in [3.8, 4) is 0 Å². The van der Waals surface area contributed by atoms with Gasteiger partial charge in [-0.05, 0) is 37.1 Å². The highest BCUT2D eigenvalue weighted by Crippen LogP contribution is 2.13. The fourth-order valence-electron chi connectivity index (χ4n) is 2.48.